The van der Waals surface area contributed by atoms with Crippen LogP contribution >= 0.6 is 12.4 Å². The normalized spacial score (nSPS) is 12.4. The predicted octanol–water partition coefficient (Wildman–Crippen LogP) is 0.927. The summed E-state index contributed by atoms with van der Waals surface area (Å²) in [6.07, 6.45) is 0. The maximum absolute atomic E-state index is 11.8. The fourth-order valence-electron chi connectivity index (χ4n) is 2.18. The van der Waals surface area contributed by atoms with Gasteiger partial charge in [0.15, 0.2) is 0 Å². The number of amides is 1. The van der Waals surface area contributed by atoms with E-state index >= 15 is 0 Å². The Kier molecular flexibility index (Phi) is 6.96. The second-order valence-electron chi connectivity index (χ2n) is 4.93. The van der Waals surface area contributed by atoms with Crippen molar-refractivity contribution >= 4 is 39.1 Å². The van der Waals surface area contributed by atoms with Gasteiger partial charge in [0.1, 0.15) is 5.75 Å². The number of nitrogens with two attached hydrogens (primary N) is 1. The van der Waals surface area contributed by atoms with E-state index in [0.717, 1.165) is 16.3 Å². The molecule has 0 aliphatic rings. The molecule has 0 spiro atoms. The lowest BCUT2D eigenvalue weighted by Crippen LogP contribution is -2.39. The molecule has 2 rings (SSSR count). The number of fused-ring (bicyclic) bond motifs is 1. The smallest absolute Gasteiger partial charge is 0.237 e. The van der Waals surface area contributed by atoms with Gasteiger partial charge in [0.05, 0.1) is 6.04 Å². The number of nitrogens with one attached hydrogen (secondary N) is 2. The molecule has 4 N–H and O–H groups in total. The number of benzene rings is 2. The molecule has 0 saturated heterocycles. The van der Waals surface area contributed by atoms with Crippen LogP contribution in [-0.2, 0) is 14.8 Å². The van der Waals surface area contributed by atoms with Crippen LogP contribution in [-0.4, -0.2) is 33.7 Å². The molecule has 1 atom stereocenters. The van der Waals surface area contributed by atoms with Gasteiger partial charge in [-0.1, -0.05) is 36.4 Å². The van der Waals surface area contributed by atoms with Gasteiger partial charge < -0.3 is 11.1 Å². The largest absolute Gasteiger partial charge is 0.347 e. The lowest BCUT2D eigenvalue weighted by molar-refractivity contribution is -0.119. The van der Waals surface area contributed by atoms with Gasteiger partial charge in [-0.3, -0.25) is 4.79 Å². The van der Waals surface area contributed by atoms with Gasteiger partial charge in [-0.15, -0.1) is 12.4 Å². The Balaban J connectivity index is 0.00000264. The molecule has 23 heavy (non-hydrogen) atoms. The highest BCUT2D eigenvalue weighted by Crippen LogP contribution is 2.20. The van der Waals surface area contributed by atoms with E-state index in [1.165, 1.54) is 7.05 Å². The molecule has 0 aliphatic heterocycles. The van der Waals surface area contributed by atoms with Crippen LogP contribution in [0.1, 0.15) is 11.6 Å². The Morgan fingerprint density at radius 1 is 1.17 bits per heavy atom. The molecule has 0 bridgehead atoms. The van der Waals surface area contributed by atoms with E-state index in [-0.39, 0.29) is 19.0 Å². The van der Waals surface area contributed by atoms with Crippen molar-refractivity contribution in [3.05, 3.63) is 48.0 Å². The van der Waals surface area contributed by atoms with Crippen molar-refractivity contribution in [2.24, 2.45) is 5.73 Å². The van der Waals surface area contributed by atoms with Crippen molar-refractivity contribution in [3.63, 3.8) is 0 Å². The molecule has 0 aliphatic carbocycles. The number of carbonyl (C=O) groups excluding carboxylic acids is 1. The maximum atomic E-state index is 11.8. The van der Waals surface area contributed by atoms with E-state index in [1.807, 2.05) is 42.5 Å². The van der Waals surface area contributed by atoms with Crippen LogP contribution in [0.25, 0.3) is 10.8 Å². The fraction of sp³-hybridized carbons (Fsp3) is 0.267. The molecule has 0 fully saturated rings. The monoisotopic (exact) mass is 357 g/mol. The lowest BCUT2D eigenvalue weighted by atomic mass is 10.0. The second kappa shape index (κ2) is 8.26. The number of rotatable bonds is 6. The van der Waals surface area contributed by atoms with Gasteiger partial charge in [-0.2, -0.15) is 0 Å². The quantitative estimate of drug-likeness (QED) is 0.715. The van der Waals surface area contributed by atoms with Gasteiger partial charge in [0.25, 0.3) is 0 Å². The van der Waals surface area contributed by atoms with Crippen LogP contribution in [0, 0.1) is 0 Å². The molecule has 0 radical (unpaired) electrons. The maximum Gasteiger partial charge on any atom is 0.237 e. The topological polar surface area (TPSA) is 101 Å². The number of hydrogen-bond acceptors (Lipinski definition) is 4. The van der Waals surface area contributed by atoms with Crippen LogP contribution in [0.3, 0.4) is 0 Å². The number of carbonyl (C=O) groups is 1. The predicted molar refractivity (Wildman–Crippen MR) is 94.0 cm³/mol. The Labute approximate surface area is 141 Å². The summed E-state index contributed by atoms with van der Waals surface area (Å²) in [4.78, 5) is 11.8. The molecule has 0 heterocycles. The number of hydrogen-bond donors (Lipinski definition) is 3. The number of sulfonamides is 1. The van der Waals surface area contributed by atoms with Crippen molar-refractivity contribution < 1.29 is 13.2 Å². The van der Waals surface area contributed by atoms with Gasteiger partial charge in [0, 0.05) is 6.54 Å². The summed E-state index contributed by atoms with van der Waals surface area (Å²) < 4.78 is 24.9. The van der Waals surface area contributed by atoms with Crippen molar-refractivity contribution in [1.82, 2.24) is 10.0 Å². The minimum Gasteiger partial charge on any atom is -0.347 e. The summed E-state index contributed by atoms with van der Waals surface area (Å²) in [6, 6.07) is 13.2. The Hall–Kier alpha value is -1.67. The third-order valence-corrected chi connectivity index (χ3v) is 4.64. The van der Waals surface area contributed by atoms with Crippen LogP contribution in [0.5, 0.6) is 0 Å². The summed E-state index contributed by atoms with van der Waals surface area (Å²) in [5.41, 5.74) is 6.56. The second-order valence-corrected chi connectivity index (χ2v) is 6.85. The molecule has 0 aromatic heterocycles. The van der Waals surface area contributed by atoms with Crippen molar-refractivity contribution in [1.29, 1.82) is 0 Å². The minimum absolute atomic E-state index is 0. The third-order valence-electron chi connectivity index (χ3n) is 3.38. The zero-order chi connectivity index (χ0) is 16.2. The highest BCUT2D eigenvalue weighted by Gasteiger charge is 2.18. The molecule has 0 saturated carbocycles. The first-order valence-electron chi connectivity index (χ1n) is 6.84. The first kappa shape index (κ1) is 19.4. The summed E-state index contributed by atoms with van der Waals surface area (Å²) >= 11 is 0. The minimum atomic E-state index is -3.59. The molecule has 2 aromatic carbocycles. The molecular formula is C15H20ClN3O3S. The van der Waals surface area contributed by atoms with E-state index in [1.54, 1.807) is 0 Å². The van der Waals surface area contributed by atoms with Crippen molar-refractivity contribution in [2.45, 2.75) is 6.04 Å². The van der Waals surface area contributed by atoms with Crippen molar-refractivity contribution in [3.8, 4) is 0 Å². The summed E-state index contributed by atoms with van der Waals surface area (Å²) in [5.74, 6) is -1.20. The highest BCUT2D eigenvalue weighted by atomic mass is 35.5. The van der Waals surface area contributed by atoms with Crippen LogP contribution in [0.4, 0.5) is 0 Å². The first-order chi connectivity index (χ1) is 10.4. The fourth-order valence-corrected chi connectivity index (χ4v) is 2.76. The average Bonchev–Trinajstić information content (AvgIpc) is 2.51. The van der Waals surface area contributed by atoms with Gasteiger partial charge in [-0.05, 0) is 29.4 Å². The van der Waals surface area contributed by atoms with E-state index in [0.29, 0.717) is 0 Å². The molecule has 126 valence electrons. The van der Waals surface area contributed by atoms with E-state index in [4.69, 9.17) is 5.73 Å². The van der Waals surface area contributed by atoms with E-state index in [2.05, 4.69) is 10.0 Å². The molecule has 6 nitrogen and oxygen atoms in total. The summed E-state index contributed by atoms with van der Waals surface area (Å²) in [5, 5.41) is 4.78. The summed E-state index contributed by atoms with van der Waals surface area (Å²) in [7, 11) is -2.32. The van der Waals surface area contributed by atoms with Gasteiger partial charge in [-0.25, -0.2) is 13.1 Å². The third kappa shape index (κ3) is 5.18. The number of halogens is 1. The Morgan fingerprint density at radius 3 is 2.43 bits per heavy atom. The zero-order valence-corrected chi connectivity index (χ0v) is 14.3. The van der Waals surface area contributed by atoms with Gasteiger partial charge in [0.2, 0.25) is 15.9 Å². The van der Waals surface area contributed by atoms with E-state index in [9.17, 15) is 13.2 Å². The molecule has 8 heteroatoms. The highest BCUT2D eigenvalue weighted by molar-refractivity contribution is 7.90. The van der Waals surface area contributed by atoms with E-state index < -0.39 is 27.7 Å². The van der Waals surface area contributed by atoms with Gasteiger partial charge >= 0.3 is 0 Å². The summed E-state index contributed by atoms with van der Waals surface area (Å²) in [6.45, 7) is 0.184. The van der Waals surface area contributed by atoms with Crippen LogP contribution in [0.15, 0.2) is 42.5 Å². The zero-order valence-electron chi connectivity index (χ0n) is 12.7. The lowest BCUT2D eigenvalue weighted by Gasteiger charge is -2.18. The van der Waals surface area contributed by atoms with Crippen LogP contribution in [0.2, 0.25) is 0 Å². The molecule has 1 amide bonds. The molecular weight excluding hydrogens is 338 g/mol. The standard InChI is InChI=1S/C15H19N3O3S.ClH/c1-17-22(20,21)10-15(19)18-14(9-16)13-7-6-11-4-2-3-5-12(11)8-13;/h2-8,14,17H,9-10,16H2,1H3,(H,18,19);1H. The molecule has 2 aromatic rings. The van der Waals surface area contributed by atoms with Crippen molar-refractivity contribution in [2.75, 3.05) is 19.3 Å². The average molecular weight is 358 g/mol. The molecule has 1 unspecified atom stereocenters. The first-order valence-corrected chi connectivity index (χ1v) is 8.50. The van der Waals surface area contributed by atoms with Crippen LogP contribution < -0.4 is 15.8 Å². The SMILES string of the molecule is CNS(=O)(=O)CC(=O)NC(CN)c1ccc2ccccc2c1.Cl. The Morgan fingerprint density at radius 2 is 1.83 bits per heavy atom. The Bertz CT molecular complexity index is 780.